The van der Waals surface area contributed by atoms with Crippen LogP contribution in [0.3, 0.4) is 0 Å². The van der Waals surface area contributed by atoms with Crippen molar-refractivity contribution in [1.29, 1.82) is 0 Å². The van der Waals surface area contributed by atoms with Crippen LogP contribution < -0.4 is 11.1 Å². The van der Waals surface area contributed by atoms with Crippen molar-refractivity contribution in [3.63, 3.8) is 0 Å². The van der Waals surface area contributed by atoms with E-state index in [1.54, 1.807) is 0 Å². The van der Waals surface area contributed by atoms with Gasteiger partial charge in [0.1, 0.15) is 0 Å². The first-order valence-corrected chi connectivity index (χ1v) is 7.66. The number of hydrogen-bond acceptors (Lipinski definition) is 3. The number of anilines is 1. The number of aryl methyl sites for hydroxylation is 1. The lowest BCUT2D eigenvalue weighted by molar-refractivity contribution is 0.0906. The molecule has 1 aliphatic rings. The molecular formula is C15H26N4O. The molecule has 4 N–H and O–H groups in total. The summed E-state index contributed by atoms with van der Waals surface area (Å²) in [6.45, 7) is 6.61. The molecule has 20 heavy (non-hydrogen) atoms. The number of nitrogens with zero attached hydrogens (tertiary/aromatic N) is 1. The lowest BCUT2D eigenvalue weighted by Crippen LogP contribution is -2.40. The predicted molar refractivity (Wildman–Crippen MR) is 80.4 cm³/mol. The summed E-state index contributed by atoms with van der Waals surface area (Å²) >= 11 is 0. The van der Waals surface area contributed by atoms with Crippen molar-refractivity contribution in [3.05, 3.63) is 11.4 Å². The SMILES string of the molecule is CCCc1[nH]nc(C(=O)NC2CCC(C)C(C)C2)c1N. The number of nitrogen functional groups attached to an aromatic ring is 1. The van der Waals surface area contributed by atoms with Gasteiger partial charge in [0.25, 0.3) is 5.91 Å². The van der Waals surface area contributed by atoms with Crippen LogP contribution in [0.15, 0.2) is 0 Å². The van der Waals surface area contributed by atoms with Gasteiger partial charge in [0.15, 0.2) is 5.69 Å². The number of nitrogens with one attached hydrogen (secondary N) is 2. The topological polar surface area (TPSA) is 83.8 Å². The molecule has 3 atom stereocenters. The zero-order valence-corrected chi connectivity index (χ0v) is 12.7. The lowest BCUT2D eigenvalue weighted by Gasteiger charge is -2.32. The van der Waals surface area contributed by atoms with Crippen molar-refractivity contribution in [1.82, 2.24) is 15.5 Å². The molecule has 1 amide bonds. The minimum absolute atomic E-state index is 0.146. The van der Waals surface area contributed by atoms with Crippen molar-refractivity contribution in [2.75, 3.05) is 5.73 Å². The maximum atomic E-state index is 12.3. The molecule has 1 aromatic rings. The molecule has 3 unspecified atom stereocenters. The highest BCUT2D eigenvalue weighted by molar-refractivity contribution is 5.97. The third kappa shape index (κ3) is 3.14. The average molecular weight is 278 g/mol. The van der Waals surface area contributed by atoms with E-state index in [9.17, 15) is 4.79 Å². The Kier molecular flexibility index (Phi) is 4.68. The number of amides is 1. The number of aromatic nitrogens is 2. The van der Waals surface area contributed by atoms with Gasteiger partial charge >= 0.3 is 0 Å². The van der Waals surface area contributed by atoms with Crippen molar-refractivity contribution >= 4 is 11.6 Å². The van der Waals surface area contributed by atoms with Gasteiger partial charge in [-0.25, -0.2) is 0 Å². The van der Waals surface area contributed by atoms with E-state index in [0.29, 0.717) is 17.3 Å². The van der Waals surface area contributed by atoms with Crippen LogP contribution in [0.1, 0.15) is 62.6 Å². The van der Waals surface area contributed by atoms with Gasteiger partial charge in [-0.05, 0) is 37.5 Å². The minimum Gasteiger partial charge on any atom is -0.395 e. The minimum atomic E-state index is -0.146. The van der Waals surface area contributed by atoms with Gasteiger partial charge in [0.2, 0.25) is 0 Å². The molecule has 5 nitrogen and oxygen atoms in total. The Morgan fingerprint density at radius 2 is 2.15 bits per heavy atom. The van der Waals surface area contributed by atoms with Crippen molar-refractivity contribution in [2.45, 2.75) is 58.9 Å². The van der Waals surface area contributed by atoms with Crippen LogP contribution >= 0.6 is 0 Å². The van der Waals surface area contributed by atoms with Crippen molar-refractivity contribution < 1.29 is 4.79 Å². The average Bonchev–Trinajstić information content (AvgIpc) is 2.76. The Bertz CT molecular complexity index is 468. The van der Waals surface area contributed by atoms with E-state index in [1.165, 1.54) is 6.42 Å². The number of hydrogen-bond donors (Lipinski definition) is 3. The summed E-state index contributed by atoms with van der Waals surface area (Å²) in [4.78, 5) is 12.3. The van der Waals surface area contributed by atoms with Gasteiger partial charge in [-0.2, -0.15) is 5.10 Å². The first kappa shape index (κ1) is 14.9. The largest absolute Gasteiger partial charge is 0.395 e. The third-order valence-electron chi connectivity index (χ3n) is 4.53. The Labute approximate surface area is 120 Å². The molecule has 1 aromatic heterocycles. The third-order valence-corrected chi connectivity index (χ3v) is 4.53. The normalized spacial score (nSPS) is 26.4. The van der Waals surface area contributed by atoms with E-state index in [4.69, 9.17) is 5.73 Å². The molecule has 1 heterocycles. The molecule has 0 spiro atoms. The Balaban J connectivity index is 1.98. The zero-order valence-electron chi connectivity index (χ0n) is 12.7. The summed E-state index contributed by atoms with van der Waals surface area (Å²) in [5, 5.41) is 10.0. The molecule has 5 heteroatoms. The second-order valence-corrected chi connectivity index (χ2v) is 6.15. The second-order valence-electron chi connectivity index (χ2n) is 6.15. The van der Waals surface area contributed by atoms with Crippen LogP contribution in [-0.4, -0.2) is 22.1 Å². The quantitative estimate of drug-likeness (QED) is 0.791. The van der Waals surface area contributed by atoms with Gasteiger partial charge in [0, 0.05) is 6.04 Å². The van der Waals surface area contributed by atoms with Crippen LogP contribution in [0.4, 0.5) is 5.69 Å². The van der Waals surface area contributed by atoms with Crippen LogP contribution in [0.5, 0.6) is 0 Å². The lowest BCUT2D eigenvalue weighted by atomic mass is 9.79. The Morgan fingerprint density at radius 1 is 1.40 bits per heavy atom. The summed E-state index contributed by atoms with van der Waals surface area (Å²) < 4.78 is 0. The molecule has 2 rings (SSSR count). The standard InChI is InChI=1S/C15H26N4O/c1-4-5-12-13(16)14(19-18-12)15(20)17-11-7-6-9(2)10(3)8-11/h9-11H,4-8,16H2,1-3H3,(H,17,20)(H,18,19). The Morgan fingerprint density at radius 3 is 2.80 bits per heavy atom. The molecule has 1 aliphatic carbocycles. The molecule has 1 fully saturated rings. The Hall–Kier alpha value is -1.52. The fraction of sp³-hybridized carbons (Fsp3) is 0.733. The number of H-pyrrole nitrogens is 1. The van der Waals surface area contributed by atoms with E-state index in [1.807, 2.05) is 0 Å². The number of nitrogens with two attached hydrogens (primary N) is 1. The number of carbonyl (C=O) groups excluding carboxylic acids is 1. The van der Waals surface area contributed by atoms with E-state index in [0.717, 1.165) is 37.3 Å². The molecule has 0 aromatic carbocycles. The highest BCUT2D eigenvalue weighted by Gasteiger charge is 2.27. The summed E-state index contributed by atoms with van der Waals surface area (Å²) in [6, 6.07) is 0.249. The maximum Gasteiger partial charge on any atom is 0.274 e. The molecular weight excluding hydrogens is 252 g/mol. The van der Waals surface area contributed by atoms with Crippen LogP contribution in [0.2, 0.25) is 0 Å². The monoisotopic (exact) mass is 278 g/mol. The summed E-state index contributed by atoms with van der Waals surface area (Å²) in [7, 11) is 0. The first-order valence-electron chi connectivity index (χ1n) is 7.66. The molecule has 0 bridgehead atoms. The molecule has 0 aliphatic heterocycles. The van der Waals surface area contributed by atoms with Crippen molar-refractivity contribution in [3.8, 4) is 0 Å². The maximum absolute atomic E-state index is 12.3. The van der Waals surface area contributed by atoms with Crippen LogP contribution in [-0.2, 0) is 6.42 Å². The first-order chi connectivity index (χ1) is 9.52. The van der Waals surface area contributed by atoms with Gasteiger partial charge in [0.05, 0.1) is 11.4 Å². The van der Waals surface area contributed by atoms with Gasteiger partial charge < -0.3 is 11.1 Å². The molecule has 112 valence electrons. The van der Waals surface area contributed by atoms with Gasteiger partial charge in [-0.1, -0.05) is 27.2 Å². The number of aromatic amines is 1. The zero-order chi connectivity index (χ0) is 14.7. The van der Waals surface area contributed by atoms with E-state index in [-0.39, 0.29) is 11.9 Å². The predicted octanol–water partition coefficient (Wildman–Crippen LogP) is 2.50. The number of rotatable bonds is 4. The highest BCUT2D eigenvalue weighted by atomic mass is 16.2. The second kappa shape index (κ2) is 6.29. The summed E-state index contributed by atoms with van der Waals surface area (Å²) in [5.41, 5.74) is 7.70. The van der Waals surface area contributed by atoms with Gasteiger partial charge in [-0.15, -0.1) is 0 Å². The molecule has 1 saturated carbocycles. The van der Waals surface area contributed by atoms with E-state index >= 15 is 0 Å². The van der Waals surface area contributed by atoms with Crippen LogP contribution in [0, 0.1) is 11.8 Å². The smallest absolute Gasteiger partial charge is 0.274 e. The fourth-order valence-corrected chi connectivity index (χ4v) is 2.93. The van der Waals surface area contributed by atoms with Gasteiger partial charge in [-0.3, -0.25) is 9.89 Å². The highest BCUT2D eigenvalue weighted by Crippen LogP contribution is 2.29. The fourth-order valence-electron chi connectivity index (χ4n) is 2.93. The van der Waals surface area contributed by atoms with Crippen LogP contribution in [0.25, 0.3) is 0 Å². The molecule has 0 saturated heterocycles. The summed E-state index contributed by atoms with van der Waals surface area (Å²) in [6.07, 6.45) is 5.06. The van der Waals surface area contributed by atoms with E-state index in [2.05, 4.69) is 36.3 Å². The van der Waals surface area contributed by atoms with Crippen molar-refractivity contribution in [2.24, 2.45) is 11.8 Å². The molecule has 0 radical (unpaired) electrons. The number of carbonyl (C=O) groups is 1. The summed E-state index contributed by atoms with van der Waals surface area (Å²) in [5.74, 6) is 1.25. The van der Waals surface area contributed by atoms with E-state index < -0.39 is 0 Å².